The molecule has 4 heteroatoms. The molecule has 0 saturated heterocycles. The molecular weight excluding hydrogens is 232 g/mol. The van der Waals surface area contributed by atoms with Gasteiger partial charge in [0.2, 0.25) is 0 Å². The van der Waals surface area contributed by atoms with Gasteiger partial charge in [-0.1, -0.05) is 17.8 Å². The third-order valence-corrected chi connectivity index (χ3v) is 3.15. The molecule has 0 aliphatic heterocycles. The Morgan fingerprint density at radius 3 is 2.82 bits per heavy atom. The minimum Gasteiger partial charge on any atom is -0.508 e. The first kappa shape index (κ1) is 11.5. The Kier molecular flexibility index (Phi) is 3.31. The number of phenols is 1. The standard InChI is InChI=1S/C13H10N2OS/c1-9-5-6-10(8-14)13(15-9)17-12-4-2-3-11(16)7-12/h2-7,16H,1H3. The van der Waals surface area contributed by atoms with Crippen LogP contribution in [0.2, 0.25) is 0 Å². The molecule has 84 valence electrons. The first-order valence-electron chi connectivity index (χ1n) is 5.03. The second-order valence-electron chi connectivity index (χ2n) is 3.52. The Morgan fingerprint density at radius 2 is 2.12 bits per heavy atom. The van der Waals surface area contributed by atoms with Crippen LogP contribution >= 0.6 is 11.8 Å². The molecule has 1 N–H and O–H groups in total. The van der Waals surface area contributed by atoms with Gasteiger partial charge in [0, 0.05) is 10.6 Å². The Hall–Kier alpha value is -1.99. The summed E-state index contributed by atoms with van der Waals surface area (Å²) in [7, 11) is 0. The van der Waals surface area contributed by atoms with E-state index in [-0.39, 0.29) is 5.75 Å². The lowest BCUT2D eigenvalue weighted by molar-refractivity contribution is 0.474. The van der Waals surface area contributed by atoms with Crippen LogP contribution in [0.15, 0.2) is 46.3 Å². The number of benzene rings is 1. The Morgan fingerprint density at radius 1 is 1.29 bits per heavy atom. The van der Waals surface area contributed by atoms with E-state index in [0.717, 1.165) is 10.6 Å². The van der Waals surface area contributed by atoms with E-state index in [1.807, 2.05) is 19.1 Å². The van der Waals surface area contributed by atoms with Crippen molar-refractivity contribution in [3.63, 3.8) is 0 Å². The molecule has 2 rings (SSSR count). The maximum atomic E-state index is 9.37. The van der Waals surface area contributed by atoms with Gasteiger partial charge in [-0.05, 0) is 37.3 Å². The highest BCUT2D eigenvalue weighted by molar-refractivity contribution is 7.99. The Bertz CT molecular complexity index is 590. The Labute approximate surface area is 104 Å². The fourth-order valence-corrected chi connectivity index (χ4v) is 2.32. The van der Waals surface area contributed by atoms with Crippen molar-refractivity contribution in [3.8, 4) is 11.8 Å². The van der Waals surface area contributed by atoms with Crippen molar-refractivity contribution in [3.05, 3.63) is 47.7 Å². The van der Waals surface area contributed by atoms with E-state index in [4.69, 9.17) is 5.26 Å². The van der Waals surface area contributed by atoms with E-state index in [2.05, 4.69) is 11.1 Å². The maximum absolute atomic E-state index is 9.37. The fraction of sp³-hybridized carbons (Fsp3) is 0.0769. The summed E-state index contributed by atoms with van der Waals surface area (Å²) in [6.07, 6.45) is 0. The van der Waals surface area contributed by atoms with Crippen LogP contribution in [-0.2, 0) is 0 Å². The topological polar surface area (TPSA) is 56.9 Å². The predicted molar refractivity (Wildman–Crippen MR) is 65.9 cm³/mol. The summed E-state index contributed by atoms with van der Waals surface area (Å²) < 4.78 is 0. The van der Waals surface area contributed by atoms with Crippen molar-refractivity contribution in [1.82, 2.24) is 4.98 Å². The van der Waals surface area contributed by atoms with Crippen molar-refractivity contribution < 1.29 is 5.11 Å². The number of aromatic nitrogens is 1. The number of hydrogen-bond donors (Lipinski definition) is 1. The van der Waals surface area contributed by atoms with Crippen LogP contribution in [-0.4, -0.2) is 10.1 Å². The molecule has 0 unspecified atom stereocenters. The van der Waals surface area contributed by atoms with E-state index < -0.39 is 0 Å². The molecule has 1 aromatic carbocycles. The quantitative estimate of drug-likeness (QED) is 0.879. The summed E-state index contributed by atoms with van der Waals surface area (Å²) in [5, 5.41) is 19.0. The number of aromatic hydroxyl groups is 1. The van der Waals surface area contributed by atoms with Gasteiger partial charge in [-0.3, -0.25) is 0 Å². The number of aryl methyl sites for hydroxylation is 1. The van der Waals surface area contributed by atoms with Crippen LogP contribution in [0.5, 0.6) is 5.75 Å². The van der Waals surface area contributed by atoms with E-state index in [1.54, 1.807) is 24.3 Å². The van der Waals surface area contributed by atoms with E-state index in [9.17, 15) is 5.11 Å². The number of phenolic OH excluding ortho intramolecular Hbond substituents is 1. The smallest absolute Gasteiger partial charge is 0.119 e. The van der Waals surface area contributed by atoms with Gasteiger partial charge < -0.3 is 5.11 Å². The first-order chi connectivity index (χ1) is 8.19. The molecule has 0 saturated carbocycles. The summed E-state index contributed by atoms with van der Waals surface area (Å²) in [6, 6.07) is 12.6. The molecule has 0 radical (unpaired) electrons. The van der Waals surface area contributed by atoms with E-state index >= 15 is 0 Å². The van der Waals surface area contributed by atoms with Crippen molar-refractivity contribution in [1.29, 1.82) is 5.26 Å². The summed E-state index contributed by atoms with van der Waals surface area (Å²) >= 11 is 1.37. The number of nitrogens with zero attached hydrogens (tertiary/aromatic N) is 2. The molecular formula is C13H10N2OS. The summed E-state index contributed by atoms with van der Waals surface area (Å²) in [4.78, 5) is 5.19. The lowest BCUT2D eigenvalue weighted by Crippen LogP contribution is -1.89. The zero-order valence-corrected chi connectivity index (χ0v) is 10.0. The number of rotatable bonds is 2. The molecule has 0 atom stereocenters. The Balaban J connectivity index is 2.36. The van der Waals surface area contributed by atoms with Crippen LogP contribution in [0, 0.1) is 18.3 Å². The highest BCUT2D eigenvalue weighted by Crippen LogP contribution is 2.30. The highest BCUT2D eigenvalue weighted by atomic mass is 32.2. The van der Waals surface area contributed by atoms with Crippen LogP contribution in [0.3, 0.4) is 0 Å². The highest BCUT2D eigenvalue weighted by Gasteiger charge is 2.06. The molecule has 0 aliphatic carbocycles. The van der Waals surface area contributed by atoms with Gasteiger partial charge in [-0.25, -0.2) is 4.98 Å². The van der Waals surface area contributed by atoms with Gasteiger partial charge in [0.15, 0.2) is 0 Å². The van der Waals surface area contributed by atoms with Crippen molar-refractivity contribution in [2.45, 2.75) is 16.8 Å². The lowest BCUT2D eigenvalue weighted by Gasteiger charge is -2.04. The molecule has 1 heterocycles. The fourth-order valence-electron chi connectivity index (χ4n) is 1.35. The zero-order valence-electron chi connectivity index (χ0n) is 9.21. The third kappa shape index (κ3) is 2.77. The molecule has 17 heavy (non-hydrogen) atoms. The second-order valence-corrected chi connectivity index (χ2v) is 4.58. The molecule has 0 bridgehead atoms. The van der Waals surface area contributed by atoms with E-state index in [1.165, 1.54) is 11.8 Å². The molecule has 1 aromatic heterocycles. The summed E-state index contributed by atoms with van der Waals surface area (Å²) in [6.45, 7) is 1.88. The molecule has 0 fully saturated rings. The van der Waals surface area contributed by atoms with Gasteiger partial charge in [-0.2, -0.15) is 5.26 Å². The van der Waals surface area contributed by atoms with Gasteiger partial charge in [0.05, 0.1) is 5.56 Å². The van der Waals surface area contributed by atoms with Crippen molar-refractivity contribution in [2.24, 2.45) is 0 Å². The number of hydrogen-bond acceptors (Lipinski definition) is 4. The van der Waals surface area contributed by atoms with Gasteiger partial charge >= 0.3 is 0 Å². The minimum absolute atomic E-state index is 0.209. The van der Waals surface area contributed by atoms with Crippen LogP contribution < -0.4 is 0 Å². The molecule has 3 nitrogen and oxygen atoms in total. The molecule has 2 aromatic rings. The first-order valence-corrected chi connectivity index (χ1v) is 5.85. The van der Waals surface area contributed by atoms with Crippen molar-refractivity contribution >= 4 is 11.8 Å². The minimum atomic E-state index is 0.209. The van der Waals surface area contributed by atoms with Crippen LogP contribution in [0.4, 0.5) is 0 Å². The van der Waals surface area contributed by atoms with Gasteiger partial charge in [-0.15, -0.1) is 0 Å². The third-order valence-electron chi connectivity index (χ3n) is 2.15. The van der Waals surface area contributed by atoms with Crippen molar-refractivity contribution in [2.75, 3.05) is 0 Å². The maximum Gasteiger partial charge on any atom is 0.119 e. The number of pyridine rings is 1. The number of nitriles is 1. The van der Waals surface area contributed by atoms with E-state index in [0.29, 0.717) is 10.6 Å². The SMILES string of the molecule is Cc1ccc(C#N)c(Sc2cccc(O)c2)n1. The van der Waals surface area contributed by atoms with Crippen LogP contribution in [0.1, 0.15) is 11.3 Å². The zero-order chi connectivity index (χ0) is 12.3. The van der Waals surface area contributed by atoms with Gasteiger partial charge in [0.1, 0.15) is 16.8 Å². The summed E-state index contributed by atoms with van der Waals surface area (Å²) in [5.74, 6) is 0.209. The van der Waals surface area contributed by atoms with Crippen LogP contribution in [0.25, 0.3) is 0 Å². The normalized spacial score (nSPS) is 9.88. The molecule has 0 spiro atoms. The largest absolute Gasteiger partial charge is 0.508 e. The average molecular weight is 242 g/mol. The second kappa shape index (κ2) is 4.89. The molecule has 0 amide bonds. The predicted octanol–water partition coefficient (Wildman–Crippen LogP) is 3.12. The lowest BCUT2D eigenvalue weighted by atomic mass is 10.3. The monoisotopic (exact) mass is 242 g/mol. The average Bonchev–Trinajstić information content (AvgIpc) is 2.29. The molecule has 0 aliphatic rings. The summed E-state index contributed by atoms with van der Waals surface area (Å²) in [5.41, 5.74) is 1.41. The van der Waals surface area contributed by atoms with Gasteiger partial charge in [0.25, 0.3) is 0 Å².